The first-order valence-electron chi connectivity index (χ1n) is 10.3. The van der Waals surface area contributed by atoms with E-state index in [-0.39, 0.29) is 0 Å². The Kier molecular flexibility index (Phi) is 7.53. The third-order valence-electron chi connectivity index (χ3n) is 5.45. The molecule has 4 nitrogen and oxygen atoms in total. The van der Waals surface area contributed by atoms with Crippen LogP contribution in [0.5, 0.6) is 0 Å². The third kappa shape index (κ3) is 5.51. The molecule has 2 heterocycles. The topological polar surface area (TPSA) is 27.7 Å². The molecule has 1 saturated heterocycles. The molecule has 29 heavy (non-hydrogen) atoms. The molecule has 5 heteroatoms. The molecular formula is C24H31N3OS. The Morgan fingerprint density at radius 1 is 1.14 bits per heavy atom. The molecule has 0 atom stereocenters. The van der Waals surface area contributed by atoms with Gasteiger partial charge in [0.05, 0.1) is 0 Å². The van der Waals surface area contributed by atoms with Gasteiger partial charge in [0.1, 0.15) is 12.4 Å². The lowest BCUT2D eigenvalue weighted by molar-refractivity contribution is 0.274. The fourth-order valence-corrected chi connectivity index (χ4v) is 3.84. The maximum Gasteiger partial charge on any atom is 0.173 e. The van der Waals surface area contributed by atoms with E-state index in [1.165, 1.54) is 11.3 Å². The third-order valence-corrected chi connectivity index (χ3v) is 5.83. The van der Waals surface area contributed by atoms with Gasteiger partial charge in [-0.1, -0.05) is 30.9 Å². The number of thiocarbonyl (C=S) groups is 1. The Balaban J connectivity index is 1.59. The van der Waals surface area contributed by atoms with E-state index in [1.54, 1.807) is 0 Å². The van der Waals surface area contributed by atoms with Crippen LogP contribution in [-0.4, -0.2) is 42.8 Å². The van der Waals surface area contributed by atoms with Gasteiger partial charge in [-0.15, -0.1) is 0 Å². The zero-order valence-electron chi connectivity index (χ0n) is 17.5. The van der Waals surface area contributed by atoms with Gasteiger partial charge in [0, 0.05) is 43.6 Å². The molecule has 2 aliphatic heterocycles. The van der Waals surface area contributed by atoms with Crippen LogP contribution in [-0.2, 0) is 4.74 Å². The summed E-state index contributed by atoms with van der Waals surface area (Å²) in [5, 5.41) is 4.12. The Morgan fingerprint density at radius 2 is 1.90 bits per heavy atom. The first kappa shape index (κ1) is 21.2. The van der Waals surface area contributed by atoms with E-state index in [1.807, 2.05) is 31.4 Å². The number of allylic oxidation sites excluding steroid dienone is 2. The van der Waals surface area contributed by atoms with Crippen molar-refractivity contribution in [2.75, 3.05) is 37.7 Å². The van der Waals surface area contributed by atoms with Crippen LogP contribution in [0.1, 0.15) is 32.3 Å². The largest absolute Gasteiger partial charge is 0.489 e. The number of nitrogens with zero attached hydrogens (tertiary/aromatic N) is 2. The first-order chi connectivity index (χ1) is 14.1. The van der Waals surface area contributed by atoms with E-state index in [0.29, 0.717) is 6.61 Å². The van der Waals surface area contributed by atoms with Crippen molar-refractivity contribution >= 4 is 29.1 Å². The quantitative estimate of drug-likeness (QED) is 0.716. The average molecular weight is 410 g/mol. The lowest BCUT2D eigenvalue weighted by Gasteiger charge is -2.33. The highest BCUT2D eigenvalue weighted by atomic mass is 32.1. The van der Waals surface area contributed by atoms with Gasteiger partial charge in [0.25, 0.3) is 0 Å². The summed E-state index contributed by atoms with van der Waals surface area (Å²) in [5.74, 6) is 0.941. The number of hydrogen-bond acceptors (Lipinski definition) is 3. The Morgan fingerprint density at radius 3 is 2.62 bits per heavy atom. The second kappa shape index (κ2) is 10.3. The van der Waals surface area contributed by atoms with Gasteiger partial charge in [-0.25, -0.2) is 0 Å². The van der Waals surface area contributed by atoms with Gasteiger partial charge in [-0.2, -0.15) is 0 Å². The van der Waals surface area contributed by atoms with Gasteiger partial charge < -0.3 is 19.9 Å². The van der Waals surface area contributed by atoms with Crippen LogP contribution in [0.25, 0.3) is 6.08 Å². The zero-order valence-corrected chi connectivity index (χ0v) is 18.3. The number of hydrogen-bond donors (Lipinski definition) is 1. The van der Waals surface area contributed by atoms with Crippen LogP contribution in [0.3, 0.4) is 0 Å². The van der Waals surface area contributed by atoms with Crippen LogP contribution in [0.4, 0.5) is 5.69 Å². The minimum Gasteiger partial charge on any atom is -0.489 e. The van der Waals surface area contributed by atoms with Gasteiger partial charge >= 0.3 is 0 Å². The van der Waals surface area contributed by atoms with Crippen molar-refractivity contribution in [2.24, 2.45) is 0 Å². The smallest absolute Gasteiger partial charge is 0.173 e. The standard InChI is InChI=1S/C24H31N3OS/c1-4-8-23-19(3)21(18-28-23)17-25-24(29)27-14-7-6-13-26(15-16-27)22-11-9-20(5-2)10-12-22/h4-5,8-12,17H,2,6-7,13-16,18H2,1,3H3,(H,25,29)/b8-4-,21-17-. The zero-order chi connectivity index (χ0) is 20.6. The van der Waals surface area contributed by atoms with Crippen LogP contribution in [0.15, 0.2) is 66.1 Å². The summed E-state index contributed by atoms with van der Waals surface area (Å²) in [6.45, 7) is 12.5. The molecule has 2 aliphatic rings. The van der Waals surface area contributed by atoms with Gasteiger partial charge in [-0.05, 0) is 68.3 Å². The molecule has 0 saturated carbocycles. The lowest BCUT2D eigenvalue weighted by atomic mass is 10.1. The summed E-state index contributed by atoms with van der Waals surface area (Å²) in [6.07, 6.45) is 10.2. The van der Waals surface area contributed by atoms with E-state index < -0.39 is 0 Å². The molecule has 0 spiro atoms. The van der Waals surface area contributed by atoms with Crippen molar-refractivity contribution in [2.45, 2.75) is 26.7 Å². The number of nitrogens with one attached hydrogen (secondary N) is 1. The van der Waals surface area contributed by atoms with Crippen LogP contribution in [0.2, 0.25) is 0 Å². The molecule has 1 aromatic carbocycles. The predicted octanol–water partition coefficient (Wildman–Crippen LogP) is 4.87. The summed E-state index contributed by atoms with van der Waals surface area (Å²) >= 11 is 5.69. The van der Waals surface area contributed by atoms with E-state index in [2.05, 4.69) is 52.9 Å². The molecule has 154 valence electrons. The minimum absolute atomic E-state index is 0.593. The highest BCUT2D eigenvalue weighted by molar-refractivity contribution is 7.80. The van der Waals surface area contributed by atoms with Gasteiger partial charge in [-0.3, -0.25) is 0 Å². The summed E-state index contributed by atoms with van der Waals surface area (Å²) in [4.78, 5) is 4.72. The van der Waals surface area contributed by atoms with Crippen LogP contribution >= 0.6 is 12.2 Å². The molecule has 0 radical (unpaired) electrons. The van der Waals surface area contributed by atoms with Crippen LogP contribution < -0.4 is 10.2 Å². The molecule has 1 aromatic rings. The van der Waals surface area contributed by atoms with Crippen LogP contribution in [0, 0.1) is 0 Å². The molecule has 3 rings (SSSR count). The molecule has 0 aliphatic carbocycles. The summed E-state index contributed by atoms with van der Waals surface area (Å²) < 4.78 is 5.73. The molecule has 0 amide bonds. The normalized spacial score (nSPS) is 19.3. The highest BCUT2D eigenvalue weighted by Gasteiger charge is 2.18. The number of benzene rings is 1. The van der Waals surface area contributed by atoms with Gasteiger partial charge in [0.15, 0.2) is 5.11 Å². The number of anilines is 1. The van der Waals surface area contributed by atoms with Crippen molar-refractivity contribution in [3.8, 4) is 0 Å². The van der Waals surface area contributed by atoms with Crippen molar-refractivity contribution < 1.29 is 4.74 Å². The second-order valence-corrected chi connectivity index (χ2v) is 7.76. The SMILES string of the molecule is C=Cc1ccc(N2CCCCN(C(=S)N/C=C3/COC(/C=C\C)=C3C)CC2)cc1. The molecule has 0 unspecified atom stereocenters. The summed E-state index contributed by atoms with van der Waals surface area (Å²) in [6, 6.07) is 8.61. The van der Waals surface area contributed by atoms with E-state index in [4.69, 9.17) is 17.0 Å². The van der Waals surface area contributed by atoms with Gasteiger partial charge in [0.2, 0.25) is 0 Å². The second-order valence-electron chi connectivity index (χ2n) is 7.37. The number of rotatable bonds is 4. The number of ether oxygens (including phenoxy) is 1. The fourth-order valence-electron chi connectivity index (χ4n) is 3.60. The van der Waals surface area contributed by atoms with Crippen molar-refractivity contribution in [3.63, 3.8) is 0 Å². The monoisotopic (exact) mass is 409 g/mol. The Hall–Kier alpha value is -2.53. The van der Waals surface area contributed by atoms with Crippen molar-refractivity contribution in [3.05, 3.63) is 71.7 Å². The molecule has 0 aromatic heterocycles. The van der Waals surface area contributed by atoms with Crippen molar-refractivity contribution in [1.82, 2.24) is 10.2 Å². The van der Waals surface area contributed by atoms with E-state index in [0.717, 1.165) is 61.0 Å². The maximum atomic E-state index is 5.73. The fraction of sp³-hybridized carbons (Fsp3) is 0.375. The highest BCUT2D eigenvalue weighted by Crippen LogP contribution is 2.24. The Bertz CT molecular complexity index is 823. The van der Waals surface area contributed by atoms with E-state index >= 15 is 0 Å². The maximum absolute atomic E-state index is 5.73. The first-order valence-corrected chi connectivity index (χ1v) is 10.7. The lowest BCUT2D eigenvalue weighted by Crippen LogP contribution is -2.45. The molecule has 1 N–H and O–H groups in total. The summed E-state index contributed by atoms with van der Waals surface area (Å²) in [5.41, 5.74) is 4.73. The van der Waals surface area contributed by atoms with Crippen molar-refractivity contribution in [1.29, 1.82) is 0 Å². The Labute approximate surface area is 180 Å². The molecule has 1 fully saturated rings. The van der Waals surface area contributed by atoms with E-state index in [9.17, 15) is 0 Å². The molecule has 0 bridgehead atoms. The average Bonchev–Trinajstić information content (AvgIpc) is 3.06. The minimum atomic E-state index is 0.593. The summed E-state index contributed by atoms with van der Waals surface area (Å²) in [7, 11) is 0. The molecular weight excluding hydrogens is 378 g/mol. The predicted molar refractivity (Wildman–Crippen MR) is 127 cm³/mol.